The number of nitrogens with zero attached hydrogens (tertiary/aromatic N) is 3. The third-order valence-corrected chi connectivity index (χ3v) is 7.74. The fourth-order valence-electron chi connectivity index (χ4n) is 5.53. The van der Waals surface area contributed by atoms with Gasteiger partial charge in [0.15, 0.2) is 11.5 Å². The Hall–Kier alpha value is -3.04. The predicted octanol–water partition coefficient (Wildman–Crippen LogP) is 5.63. The highest BCUT2D eigenvalue weighted by molar-refractivity contribution is 6.29. The molecule has 10 heteroatoms. The molecule has 4 rings (SSSR count). The lowest BCUT2D eigenvalue weighted by Gasteiger charge is -2.42. The van der Waals surface area contributed by atoms with Crippen LogP contribution in [0.4, 0.5) is 10.5 Å². The normalized spacial score (nSPS) is 16.5. The van der Waals surface area contributed by atoms with Gasteiger partial charge in [0.05, 0.1) is 16.9 Å². The summed E-state index contributed by atoms with van der Waals surface area (Å²) < 4.78 is 11.1. The SMILES string of the molecule is Cc1cc(Cl)nc(C)c1C(=O)NCC[C@@H](C)N1CCC(N(CC(C)(C)C)C(=O)Nc2cccc3c2OCO3)CC1. The smallest absolute Gasteiger partial charge is 0.322 e. The second-order valence-electron chi connectivity index (χ2n) is 12.0. The molecular formula is C30H42ClN5O4. The molecule has 1 aromatic heterocycles. The molecule has 2 aromatic rings. The minimum absolute atomic E-state index is 0.0471. The molecule has 1 aromatic carbocycles. The maximum atomic E-state index is 13.5. The predicted molar refractivity (Wildman–Crippen MR) is 157 cm³/mol. The minimum Gasteiger partial charge on any atom is -0.454 e. The Balaban J connectivity index is 1.31. The molecule has 1 atom stereocenters. The van der Waals surface area contributed by atoms with Crippen LogP contribution in [0, 0.1) is 19.3 Å². The van der Waals surface area contributed by atoms with E-state index in [2.05, 4.69) is 48.2 Å². The van der Waals surface area contributed by atoms with Crippen LogP contribution in [0.1, 0.15) is 68.6 Å². The van der Waals surface area contributed by atoms with Crippen LogP contribution in [0.15, 0.2) is 24.3 Å². The van der Waals surface area contributed by atoms with Gasteiger partial charge in [-0.2, -0.15) is 0 Å². The van der Waals surface area contributed by atoms with Crippen molar-refractivity contribution in [3.8, 4) is 11.5 Å². The van der Waals surface area contributed by atoms with Crippen LogP contribution >= 0.6 is 11.6 Å². The van der Waals surface area contributed by atoms with E-state index >= 15 is 0 Å². The van der Waals surface area contributed by atoms with E-state index in [9.17, 15) is 9.59 Å². The molecule has 0 unspecified atom stereocenters. The number of hydrogen-bond acceptors (Lipinski definition) is 6. The van der Waals surface area contributed by atoms with Gasteiger partial charge in [-0.3, -0.25) is 4.79 Å². The molecule has 3 heterocycles. The van der Waals surface area contributed by atoms with E-state index < -0.39 is 0 Å². The van der Waals surface area contributed by atoms with Crippen molar-refractivity contribution >= 4 is 29.2 Å². The van der Waals surface area contributed by atoms with Gasteiger partial charge >= 0.3 is 6.03 Å². The van der Waals surface area contributed by atoms with Crippen LogP contribution in [0.5, 0.6) is 11.5 Å². The first-order valence-electron chi connectivity index (χ1n) is 14.0. The summed E-state index contributed by atoms with van der Waals surface area (Å²) in [5.41, 5.74) is 2.64. The lowest BCUT2D eigenvalue weighted by atomic mass is 9.93. The summed E-state index contributed by atoms with van der Waals surface area (Å²) in [4.78, 5) is 35.0. The number of amides is 3. The van der Waals surface area contributed by atoms with Gasteiger partial charge in [-0.1, -0.05) is 38.4 Å². The first-order chi connectivity index (χ1) is 18.9. The Labute approximate surface area is 242 Å². The van der Waals surface area contributed by atoms with Gasteiger partial charge < -0.3 is 29.9 Å². The number of ether oxygens (including phenoxy) is 2. The highest BCUT2D eigenvalue weighted by Crippen LogP contribution is 2.39. The maximum absolute atomic E-state index is 13.5. The van der Waals surface area contributed by atoms with Crippen LogP contribution in [-0.2, 0) is 0 Å². The summed E-state index contributed by atoms with van der Waals surface area (Å²) in [6, 6.07) is 7.58. The molecule has 0 radical (unpaired) electrons. The summed E-state index contributed by atoms with van der Waals surface area (Å²) in [5, 5.41) is 6.52. The Morgan fingerprint density at radius 2 is 1.93 bits per heavy atom. The summed E-state index contributed by atoms with van der Waals surface area (Å²) in [6.45, 7) is 15.5. The average molecular weight is 572 g/mol. The van der Waals surface area contributed by atoms with E-state index in [0.29, 0.717) is 52.7 Å². The number of rotatable bonds is 8. The lowest BCUT2D eigenvalue weighted by Crippen LogP contribution is -2.52. The number of urea groups is 1. The fourth-order valence-corrected chi connectivity index (χ4v) is 5.82. The van der Waals surface area contributed by atoms with Crippen molar-refractivity contribution in [2.75, 3.05) is 38.3 Å². The molecule has 0 aliphatic carbocycles. The molecule has 2 N–H and O–H groups in total. The number of hydrogen-bond donors (Lipinski definition) is 2. The van der Waals surface area contributed by atoms with Crippen molar-refractivity contribution < 1.29 is 19.1 Å². The fraction of sp³-hybridized carbons (Fsp3) is 0.567. The molecule has 2 aliphatic heterocycles. The van der Waals surface area contributed by atoms with Gasteiger partial charge in [0, 0.05) is 38.3 Å². The third kappa shape index (κ3) is 7.37. The lowest BCUT2D eigenvalue weighted by molar-refractivity contribution is 0.0851. The van der Waals surface area contributed by atoms with E-state index in [0.717, 1.165) is 37.9 Å². The maximum Gasteiger partial charge on any atom is 0.322 e. The van der Waals surface area contributed by atoms with Gasteiger partial charge in [0.1, 0.15) is 5.15 Å². The molecule has 9 nitrogen and oxygen atoms in total. The molecule has 3 amide bonds. The van der Waals surface area contributed by atoms with Crippen molar-refractivity contribution in [1.82, 2.24) is 20.1 Å². The number of piperidine rings is 1. The number of likely N-dealkylation sites (tertiary alicyclic amines) is 1. The Morgan fingerprint density at radius 1 is 1.20 bits per heavy atom. The second kappa shape index (κ2) is 12.6. The van der Waals surface area contributed by atoms with Gasteiger partial charge in [-0.15, -0.1) is 0 Å². The molecule has 1 fully saturated rings. The Bertz CT molecular complexity index is 1200. The summed E-state index contributed by atoms with van der Waals surface area (Å²) in [5.74, 6) is 1.11. The summed E-state index contributed by atoms with van der Waals surface area (Å²) in [7, 11) is 0. The molecule has 40 heavy (non-hydrogen) atoms. The zero-order valence-corrected chi connectivity index (χ0v) is 25.2. The van der Waals surface area contributed by atoms with Crippen molar-refractivity contribution in [1.29, 1.82) is 0 Å². The Morgan fingerprint density at radius 3 is 2.60 bits per heavy atom. The van der Waals surface area contributed by atoms with Crippen molar-refractivity contribution in [2.24, 2.45) is 5.41 Å². The van der Waals surface area contributed by atoms with E-state index in [1.165, 1.54) is 0 Å². The molecular weight excluding hydrogens is 530 g/mol. The van der Waals surface area contributed by atoms with E-state index in [1.54, 1.807) is 13.0 Å². The molecule has 0 bridgehead atoms. The number of carbonyl (C=O) groups is 2. The van der Waals surface area contributed by atoms with E-state index in [4.69, 9.17) is 21.1 Å². The first-order valence-corrected chi connectivity index (χ1v) is 14.4. The Kier molecular flexibility index (Phi) is 9.46. The van der Waals surface area contributed by atoms with Crippen LogP contribution in [-0.4, -0.2) is 71.8 Å². The molecule has 0 spiro atoms. The van der Waals surface area contributed by atoms with Crippen LogP contribution in [0.3, 0.4) is 0 Å². The van der Waals surface area contributed by atoms with Gasteiger partial charge in [0.25, 0.3) is 5.91 Å². The highest BCUT2D eigenvalue weighted by Gasteiger charge is 2.33. The standard InChI is InChI=1S/C30H42ClN5O4/c1-19-16-25(31)33-21(3)26(19)28(37)32-13-10-20(2)35-14-11-22(12-15-35)36(17-30(4,5)6)29(38)34-23-8-7-9-24-27(23)40-18-39-24/h7-9,16,20,22H,10-15,17-18H2,1-6H3,(H,32,37)(H,34,38)/t20-/m1/s1. The molecule has 2 aliphatic rings. The quantitative estimate of drug-likeness (QED) is 0.398. The number of nitrogens with one attached hydrogen (secondary N) is 2. The number of fused-ring (bicyclic) bond motifs is 1. The number of para-hydroxylation sites is 1. The zero-order chi connectivity index (χ0) is 29.0. The second-order valence-corrected chi connectivity index (χ2v) is 12.4. The summed E-state index contributed by atoms with van der Waals surface area (Å²) >= 11 is 6.01. The van der Waals surface area contributed by atoms with Crippen LogP contribution < -0.4 is 20.1 Å². The molecule has 218 valence electrons. The molecule has 1 saturated heterocycles. The largest absolute Gasteiger partial charge is 0.454 e. The van der Waals surface area contributed by atoms with Crippen LogP contribution in [0.2, 0.25) is 5.15 Å². The number of aromatic nitrogens is 1. The van der Waals surface area contributed by atoms with Crippen molar-refractivity contribution in [3.05, 3.63) is 46.2 Å². The van der Waals surface area contributed by atoms with Crippen molar-refractivity contribution in [3.63, 3.8) is 0 Å². The number of halogens is 1. The van der Waals surface area contributed by atoms with E-state index in [1.807, 2.05) is 30.0 Å². The van der Waals surface area contributed by atoms with Gasteiger partial charge in [0.2, 0.25) is 6.79 Å². The number of pyridine rings is 1. The van der Waals surface area contributed by atoms with Gasteiger partial charge in [-0.25, -0.2) is 9.78 Å². The first kappa shape index (κ1) is 29.9. The minimum atomic E-state index is -0.116. The van der Waals surface area contributed by atoms with Gasteiger partial charge in [-0.05, 0) is 69.2 Å². The summed E-state index contributed by atoms with van der Waals surface area (Å²) in [6.07, 6.45) is 2.62. The molecule has 0 saturated carbocycles. The van der Waals surface area contributed by atoms with Crippen molar-refractivity contribution in [2.45, 2.75) is 72.9 Å². The zero-order valence-electron chi connectivity index (χ0n) is 24.5. The van der Waals surface area contributed by atoms with Crippen LogP contribution in [0.25, 0.3) is 0 Å². The highest BCUT2D eigenvalue weighted by atomic mass is 35.5. The van der Waals surface area contributed by atoms with E-state index in [-0.39, 0.29) is 30.2 Å². The number of anilines is 1. The number of benzene rings is 1. The topological polar surface area (TPSA) is 96.0 Å². The average Bonchev–Trinajstić information content (AvgIpc) is 3.36. The monoisotopic (exact) mass is 571 g/mol. The number of carbonyl (C=O) groups excluding carboxylic acids is 2. The third-order valence-electron chi connectivity index (χ3n) is 7.55. The number of aryl methyl sites for hydroxylation is 2.